The molecule has 1 fully saturated rings. The number of carbonyl (C=O) groups excluding carboxylic acids is 1. The first kappa shape index (κ1) is 12.0. The monoisotopic (exact) mass is 213 g/mol. The molecule has 4 nitrogen and oxygen atoms in total. The van der Waals surface area contributed by atoms with Crippen molar-refractivity contribution >= 4 is 11.9 Å². The highest BCUT2D eigenvalue weighted by molar-refractivity contribution is 5.79. The largest absolute Gasteiger partial charge is 0.481 e. The molecule has 2 N–H and O–H groups in total. The van der Waals surface area contributed by atoms with Crippen LogP contribution >= 0.6 is 0 Å². The Balaban J connectivity index is 2.27. The van der Waals surface area contributed by atoms with Gasteiger partial charge in [-0.25, -0.2) is 0 Å². The number of nitrogens with one attached hydrogen (secondary N) is 1. The molecule has 0 bridgehead atoms. The Morgan fingerprint density at radius 3 is 2.20 bits per heavy atom. The highest BCUT2D eigenvalue weighted by atomic mass is 16.4. The number of amides is 1. The van der Waals surface area contributed by atoms with Gasteiger partial charge in [0.05, 0.1) is 5.92 Å². The maximum Gasteiger partial charge on any atom is 0.306 e. The van der Waals surface area contributed by atoms with Gasteiger partial charge in [-0.05, 0) is 18.8 Å². The van der Waals surface area contributed by atoms with Crippen molar-refractivity contribution in [3.8, 4) is 0 Å². The Kier molecular flexibility index (Phi) is 3.72. The van der Waals surface area contributed by atoms with E-state index in [0.29, 0.717) is 18.8 Å². The summed E-state index contributed by atoms with van der Waals surface area (Å²) in [5.74, 6) is -0.657. The lowest BCUT2D eigenvalue weighted by atomic mass is 9.80. The van der Waals surface area contributed by atoms with Gasteiger partial charge in [-0.3, -0.25) is 9.59 Å². The minimum atomic E-state index is -0.752. The van der Waals surface area contributed by atoms with Crippen molar-refractivity contribution in [2.45, 2.75) is 39.7 Å². The van der Waals surface area contributed by atoms with Crippen LogP contribution in [0.15, 0.2) is 0 Å². The lowest BCUT2D eigenvalue weighted by Crippen LogP contribution is -2.48. The molecule has 0 aromatic heterocycles. The third-order valence-electron chi connectivity index (χ3n) is 3.25. The second-order valence-electron chi connectivity index (χ2n) is 4.74. The SMILES string of the molecule is CC(C)C(C)C(=O)NC1CC(C(=O)O)C1. The predicted octanol–water partition coefficient (Wildman–Crippen LogP) is 1.26. The quantitative estimate of drug-likeness (QED) is 0.738. The van der Waals surface area contributed by atoms with Crippen molar-refractivity contribution in [3.63, 3.8) is 0 Å². The Morgan fingerprint density at radius 1 is 1.27 bits per heavy atom. The zero-order chi connectivity index (χ0) is 11.6. The van der Waals surface area contributed by atoms with Gasteiger partial charge in [-0.15, -0.1) is 0 Å². The van der Waals surface area contributed by atoms with E-state index in [1.165, 1.54) is 0 Å². The maximum absolute atomic E-state index is 11.6. The van der Waals surface area contributed by atoms with Crippen LogP contribution in [0.4, 0.5) is 0 Å². The number of hydrogen-bond acceptors (Lipinski definition) is 2. The van der Waals surface area contributed by atoms with E-state index in [2.05, 4.69) is 5.32 Å². The molecule has 1 aliphatic carbocycles. The van der Waals surface area contributed by atoms with Crippen molar-refractivity contribution < 1.29 is 14.7 Å². The van der Waals surface area contributed by atoms with Crippen LogP contribution in [-0.2, 0) is 9.59 Å². The molecule has 1 rings (SSSR count). The normalized spacial score (nSPS) is 26.9. The van der Waals surface area contributed by atoms with Crippen LogP contribution in [0.2, 0.25) is 0 Å². The summed E-state index contributed by atoms with van der Waals surface area (Å²) in [6.07, 6.45) is 1.15. The van der Waals surface area contributed by atoms with Crippen molar-refractivity contribution in [3.05, 3.63) is 0 Å². The fourth-order valence-electron chi connectivity index (χ4n) is 1.57. The summed E-state index contributed by atoms with van der Waals surface area (Å²) in [7, 11) is 0. The summed E-state index contributed by atoms with van der Waals surface area (Å²) >= 11 is 0. The van der Waals surface area contributed by atoms with Crippen molar-refractivity contribution in [1.29, 1.82) is 0 Å². The van der Waals surface area contributed by atoms with E-state index < -0.39 is 5.97 Å². The molecule has 0 aromatic rings. The minimum absolute atomic E-state index is 0.00567. The number of carboxylic acids is 1. The maximum atomic E-state index is 11.6. The zero-order valence-electron chi connectivity index (χ0n) is 9.49. The number of carboxylic acid groups (broad SMARTS) is 1. The van der Waals surface area contributed by atoms with E-state index in [9.17, 15) is 9.59 Å². The Morgan fingerprint density at radius 2 is 1.80 bits per heavy atom. The standard InChI is InChI=1S/C11H19NO3/c1-6(2)7(3)10(13)12-9-4-8(5-9)11(14)15/h6-9H,4-5H2,1-3H3,(H,12,13)(H,14,15). The summed E-state index contributed by atoms with van der Waals surface area (Å²) in [5, 5.41) is 11.5. The van der Waals surface area contributed by atoms with Crippen LogP contribution in [0.25, 0.3) is 0 Å². The molecule has 15 heavy (non-hydrogen) atoms. The first-order chi connectivity index (χ1) is 6.91. The summed E-state index contributed by atoms with van der Waals surface area (Å²) in [6.45, 7) is 5.91. The van der Waals surface area contributed by atoms with Crippen molar-refractivity contribution in [1.82, 2.24) is 5.32 Å². The van der Waals surface area contributed by atoms with Gasteiger partial charge >= 0.3 is 5.97 Å². The van der Waals surface area contributed by atoms with Gasteiger partial charge in [0.25, 0.3) is 0 Å². The predicted molar refractivity (Wildman–Crippen MR) is 56.3 cm³/mol. The number of rotatable bonds is 4. The average molecular weight is 213 g/mol. The fourth-order valence-corrected chi connectivity index (χ4v) is 1.57. The molecule has 1 aliphatic rings. The first-order valence-corrected chi connectivity index (χ1v) is 5.45. The molecule has 0 saturated heterocycles. The van der Waals surface area contributed by atoms with Gasteiger partial charge < -0.3 is 10.4 Å². The number of aliphatic carboxylic acids is 1. The van der Waals surface area contributed by atoms with E-state index in [0.717, 1.165) is 0 Å². The molecule has 1 atom stereocenters. The third kappa shape index (κ3) is 2.94. The topological polar surface area (TPSA) is 66.4 Å². The van der Waals surface area contributed by atoms with Crippen LogP contribution < -0.4 is 5.32 Å². The van der Waals surface area contributed by atoms with Gasteiger partial charge in [0, 0.05) is 12.0 Å². The van der Waals surface area contributed by atoms with E-state index in [1.54, 1.807) is 0 Å². The third-order valence-corrected chi connectivity index (χ3v) is 3.25. The molecule has 4 heteroatoms. The zero-order valence-corrected chi connectivity index (χ0v) is 9.49. The summed E-state index contributed by atoms with van der Waals surface area (Å²) < 4.78 is 0. The second-order valence-corrected chi connectivity index (χ2v) is 4.74. The van der Waals surface area contributed by atoms with Gasteiger partial charge in [0.15, 0.2) is 0 Å². The molecule has 1 amide bonds. The van der Waals surface area contributed by atoms with Crippen LogP contribution in [0.3, 0.4) is 0 Å². The smallest absolute Gasteiger partial charge is 0.306 e. The van der Waals surface area contributed by atoms with Gasteiger partial charge in [0.2, 0.25) is 5.91 Å². The van der Waals surface area contributed by atoms with Crippen molar-refractivity contribution in [2.24, 2.45) is 17.8 Å². The molecule has 1 saturated carbocycles. The van der Waals surface area contributed by atoms with E-state index >= 15 is 0 Å². The van der Waals surface area contributed by atoms with Gasteiger partial charge in [-0.1, -0.05) is 20.8 Å². The van der Waals surface area contributed by atoms with Gasteiger partial charge in [0.1, 0.15) is 0 Å². The molecule has 0 radical (unpaired) electrons. The highest BCUT2D eigenvalue weighted by Gasteiger charge is 2.35. The summed E-state index contributed by atoms with van der Waals surface area (Å²) in [4.78, 5) is 22.1. The molecule has 0 heterocycles. The van der Waals surface area contributed by atoms with Crippen LogP contribution in [0.1, 0.15) is 33.6 Å². The van der Waals surface area contributed by atoms with Crippen LogP contribution in [0, 0.1) is 17.8 Å². The minimum Gasteiger partial charge on any atom is -0.481 e. The molecule has 0 aromatic carbocycles. The molecule has 86 valence electrons. The molecule has 0 spiro atoms. The van der Waals surface area contributed by atoms with E-state index in [-0.39, 0.29) is 23.8 Å². The Hall–Kier alpha value is -1.06. The lowest BCUT2D eigenvalue weighted by molar-refractivity contribution is -0.146. The summed E-state index contributed by atoms with van der Waals surface area (Å²) in [5.41, 5.74) is 0. The average Bonchev–Trinajstić information content (AvgIpc) is 2.07. The van der Waals surface area contributed by atoms with E-state index in [1.807, 2.05) is 20.8 Å². The summed E-state index contributed by atoms with van der Waals surface area (Å²) in [6, 6.07) is 0.0693. The number of hydrogen-bond donors (Lipinski definition) is 2. The second kappa shape index (κ2) is 4.64. The molecule has 1 unspecified atom stereocenters. The molecule has 0 aliphatic heterocycles. The fraction of sp³-hybridized carbons (Fsp3) is 0.818. The Labute approximate surface area is 90.0 Å². The number of carbonyl (C=O) groups is 2. The van der Waals surface area contributed by atoms with Crippen LogP contribution in [0.5, 0.6) is 0 Å². The lowest BCUT2D eigenvalue weighted by Gasteiger charge is -2.34. The van der Waals surface area contributed by atoms with Crippen molar-refractivity contribution in [2.75, 3.05) is 0 Å². The Bertz CT molecular complexity index is 257. The first-order valence-electron chi connectivity index (χ1n) is 5.45. The van der Waals surface area contributed by atoms with E-state index in [4.69, 9.17) is 5.11 Å². The molecular formula is C11H19NO3. The molecular weight excluding hydrogens is 194 g/mol. The van der Waals surface area contributed by atoms with Gasteiger partial charge in [-0.2, -0.15) is 0 Å². The highest BCUT2D eigenvalue weighted by Crippen LogP contribution is 2.27. The van der Waals surface area contributed by atoms with Crippen LogP contribution in [-0.4, -0.2) is 23.0 Å².